The lowest BCUT2D eigenvalue weighted by atomic mass is 10.2. The Kier molecular flexibility index (Phi) is 4.73. The number of hydrogen-bond donors (Lipinski definition) is 1. The topological polar surface area (TPSA) is 80.2 Å². The van der Waals surface area contributed by atoms with E-state index in [9.17, 15) is 4.79 Å². The van der Waals surface area contributed by atoms with Gasteiger partial charge in [0.1, 0.15) is 6.04 Å². The zero-order valence-corrected chi connectivity index (χ0v) is 11.8. The number of anilines is 1. The third-order valence-electron chi connectivity index (χ3n) is 2.66. The predicted molar refractivity (Wildman–Crippen MR) is 70.5 cm³/mol. The molecule has 2 rings (SSSR count). The van der Waals surface area contributed by atoms with E-state index in [4.69, 9.17) is 27.9 Å². The van der Waals surface area contributed by atoms with Gasteiger partial charge in [-0.15, -0.1) is 10.2 Å². The molecule has 1 aliphatic heterocycles. The van der Waals surface area contributed by atoms with Gasteiger partial charge in [0.25, 0.3) is 0 Å². The number of carbonyl (C=O) groups is 1. The number of carbonyl (C=O) groups excluding carboxylic acids is 1. The van der Waals surface area contributed by atoms with E-state index in [2.05, 4.69) is 20.5 Å². The molecular formula is C10H13Cl2N5O2. The summed E-state index contributed by atoms with van der Waals surface area (Å²) < 4.78 is 5.33. The number of ether oxygens (including phenoxy) is 1. The first-order valence-electron chi connectivity index (χ1n) is 5.81. The van der Waals surface area contributed by atoms with Crippen molar-refractivity contribution < 1.29 is 9.53 Å². The van der Waals surface area contributed by atoms with E-state index < -0.39 is 6.04 Å². The van der Waals surface area contributed by atoms with Gasteiger partial charge in [-0.25, -0.2) is 0 Å². The van der Waals surface area contributed by atoms with Crippen LogP contribution < -0.4 is 10.2 Å². The molecule has 1 aromatic heterocycles. The minimum absolute atomic E-state index is 0.0134. The van der Waals surface area contributed by atoms with E-state index in [1.165, 1.54) is 0 Å². The summed E-state index contributed by atoms with van der Waals surface area (Å²) >= 11 is 11.7. The molecule has 1 fully saturated rings. The van der Waals surface area contributed by atoms with Crippen LogP contribution in [-0.4, -0.2) is 53.4 Å². The summed E-state index contributed by atoms with van der Waals surface area (Å²) in [6, 6.07) is -0.501. The lowest BCUT2D eigenvalue weighted by Gasteiger charge is -2.35. The lowest BCUT2D eigenvalue weighted by molar-refractivity contribution is -0.124. The first-order valence-corrected chi connectivity index (χ1v) is 6.57. The van der Waals surface area contributed by atoms with Crippen molar-refractivity contribution in [1.29, 1.82) is 0 Å². The quantitative estimate of drug-likeness (QED) is 0.877. The van der Waals surface area contributed by atoms with Gasteiger partial charge in [-0.05, 0) is 18.5 Å². The average Bonchev–Trinajstić information content (AvgIpc) is 2.42. The van der Waals surface area contributed by atoms with E-state index in [0.29, 0.717) is 25.5 Å². The van der Waals surface area contributed by atoms with Crippen molar-refractivity contribution in [2.45, 2.75) is 13.0 Å². The second kappa shape index (κ2) is 6.31. The van der Waals surface area contributed by atoms with E-state index in [1.54, 1.807) is 4.90 Å². The SMILES string of the molecule is CCNC(=O)C1COCCN1c1nc(Cl)nnc1Cl. The summed E-state index contributed by atoms with van der Waals surface area (Å²) in [6.07, 6.45) is 0. The number of morpholine rings is 1. The van der Waals surface area contributed by atoms with Gasteiger partial charge in [0.2, 0.25) is 11.2 Å². The van der Waals surface area contributed by atoms with Crippen molar-refractivity contribution in [2.75, 3.05) is 31.2 Å². The normalized spacial score (nSPS) is 19.3. The molecule has 1 aromatic rings. The lowest BCUT2D eigenvalue weighted by Crippen LogP contribution is -2.54. The van der Waals surface area contributed by atoms with Crippen LogP contribution in [0.1, 0.15) is 6.92 Å². The van der Waals surface area contributed by atoms with Crippen LogP contribution in [-0.2, 0) is 9.53 Å². The fraction of sp³-hybridized carbons (Fsp3) is 0.600. The number of hydrogen-bond acceptors (Lipinski definition) is 6. The molecule has 0 saturated carbocycles. The largest absolute Gasteiger partial charge is 0.377 e. The number of likely N-dealkylation sites (N-methyl/N-ethyl adjacent to an activating group) is 1. The Hall–Kier alpha value is -1.18. The summed E-state index contributed by atoms with van der Waals surface area (Å²) in [6.45, 7) is 3.62. The van der Waals surface area contributed by atoms with Crippen molar-refractivity contribution in [2.24, 2.45) is 0 Å². The maximum atomic E-state index is 12.0. The maximum Gasteiger partial charge on any atom is 0.245 e. The maximum absolute atomic E-state index is 12.0. The number of rotatable bonds is 3. The van der Waals surface area contributed by atoms with Crippen LogP contribution in [0.2, 0.25) is 10.4 Å². The van der Waals surface area contributed by atoms with Crippen LogP contribution in [0.15, 0.2) is 0 Å². The van der Waals surface area contributed by atoms with Gasteiger partial charge in [0.05, 0.1) is 13.2 Å². The zero-order chi connectivity index (χ0) is 13.8. The van der Waals surface area contributed by atoms with Crippen molar-refractivity contribution in [3.8, 4) is 0 Å². The van der Waals surface area contributed by atoms with Crippen LogP contribution >= 0.6 is 23.2 Å². The number of amides is 1. The number of nitrogens with one attached hydrogen (secondary N) is 1. The molecule has 1 N–H and O–H groups in total. The highest BCUT2D eigenvalue weighted by Crippen LogP contribution is 2.25. The summed E-state index contributed by atoms with van der Waals surface area (Å²) in [5.74, 6) is 0.203. The van der Waals surface area contributed by atoms with Crippen molar-refractivity contribution in [3.63, 3.8) is 0 Å². The summed E-state index contributed by atoms with van der Waals surface area (Å²) in [5, 5.41) is 10.1. The second-order valence-electron chi connectivity index (χ2n) is 3.87. The van der Waals surface area contributed by atoms with Crippen LogP contribution in [0.25, 0.3) is 0 Å². The van der Waals surface area contributed by atoms with Gasteiger partial charge in [0.15, 0.2) is 11.0 Å². The molecule has 0 spiro atoms. The molecule has 1 amide bonds. The van der Waals surface area contributed by atoms with E-state index in [0.717, 1.165) is 0 Å². The molecule has 9 heteroatoms. The van der Waals surface area contributed by atoms with Gasteiger partial charge in [-0.2, -0.15) is 4.98 Å². The molecule has 1 saturated heterocycles. The van der Waals surface area contributed by atoms with Crippen LogP contribution in [0.5, 0.6) is 0 Å². The highest BCUT2D eigenvalue weighted by molar-refractivity contribution is 6.32. The molecule has 0 radical (unpaired) electrons. The third-order valence-corrected chi connectivity index (χ3v) is 3.06. The fourth-order valence-corrected chi connectivity index (χ4v) is 2.14. The fourth-order valence-electron chi connectivity index (χ4n) is 1.83. The molecule has 104 valence electrons. The summed E-state index contributed by atoms with van der Waals surface area (Å²) in [4.78, 5) is 17.8. The number of aromatic nitrogens is 3. The first-order chi connectivity index (χ1) is 9.13. The first kappa shape index (κ1) is 14.2. The highest BCUT2D eigenvalue weighted by atomic mass is 35.5. The van der Waals surface area contributed by atoms with Gasteiger partial charge >= 0.3 is 0 Å². The Bertz CT molecular complexity index is 473. The molecule has 0 aliphatic carbocycles. The van der Waals surface area contributed by atoms with E-state index in [1.807, 2.05) is 6.92 Å². The molecule has 19 heavy (non-hydrogen) atoms. The highest BCUT2D eigenvalue weighted by Gasteiger charge is 2.32. The number of halogens is 2. The minimum atomic E-state index is -0.501. The molecule has 2 heterocycles. The molecule has 0 aromatic carbocycles. The van der Waals surface area contributed by atoms with Crippen LogP contribution in [0, 0.1) is 0 Å². The molecule has 0 bridgehead atoms. The molecule has 7 nitrogen and oxygen atoms in total. The minimum Gasteiger partial charge on any atom is -0.377 e. The monoisotopic (exact) mass is 305 g/mol. The molecular weight excluding hydrogens is 293 g/mol. The Balaban J connectivity index is 2.28. The van der Waals surface area contributed by atoms with E-state index in [-0.39, 0.29) is 23.0 Å². The van der Waals surface area contributed by atoms with Crippen LogP contribution in [0.3, 0.4) is 0 Å². The Morgan fingerprint density at radius 1 is 1.53 bits per heavy atom. The smallest absolute Gasteiger partial charge is 0.245 e. The summed E-state index contributed by atoms with van der Waals surface area (Å²) in [5.41, 5.74) is 0. The number of nitrogens with zero attached hydrogens (tertiary/aromatic N) is 4. The standard InChI is InChI=1S/C10H13Cl2N5O2/c1-2-13-9(18)6-5-19-4-3-17(6)8-7(11)15-16-10(12)14-8/h6H,2-5H2,1H3,(H,13,18). The summed E-state index contributed by atoms with van der Waals surface area (Å²) in [7, 11) is 0. The van der Waals surface area contributed by atoms with Gasteiger partial charge < -0.3 is 15.0 Å². The molecule has 1 unspecified atom stereocenters. The second-order valence-corrected chi connectivity index (χ2v) is 4.57. The van der Waals surface area contributed by atoms with Gasteiger partial charge in [-0.1, -0.05) is 11.6 Å². The Labute approximate surface area is 120 Å². The van der Waals surface area contributed by atoms with E-state index >= 15 is 0 Å². The van der Waals surface area contributed by atoms with Crippen molar-refractivity contribution in [3.05, 3.63) is 10.4 Å². The average molecular weight is 306 g/mol. The third kappa shape index (κ3) is 3.23. The Morgan fingerprint density at radius 3 is 3.05 bits per heavy atom. The zero-order valence-electron chi connectivity index (χ0n) is 10.3. The van der Waals surface area contributed by atoms with Crippen molar-refractivity contribution >= 4 is 34.9 Å². The Morgan fingerprint density at radius 2 is 2.32 bits per heavy atom. The van der Waals surface area contributed by atoms with Gasteiger partial charge in [-0.3, -0.25) is 4.79 Å². The molecule has 1 aliphatic rings. The van der Waals surface area contributed by atoms with Crippen LogP contribution in [0.4, 0.5) is 5.82 Å². The van der Waals surface area contributed by atoms with Crippen molar-refractivity contribution in [1.82, 2.24) is 20.5 Å². The molecule has 1 atom stereocenters. The van der Waals surface area contributed by atoms with Gasteiger partial charge in [0, 0.05) is 13.1 Å². The predicted octanol–water partition coefficient (Wildman–Crippen LogP) is 0.520.